The van der Waals surface area contributed by atoms with Crippen LogP contribution in [0.4, 0.5) is 13.2 Å². The molecule has 0 bridgehead atoms. The van der Waals surface area contributed by atoms with Gasteiger partial charge in [-0.1, -0.05) is 0 Å². The largest absolute Gasteiger partial charge is 0.449 e. The zero-order valence-electron chi connectivity index (χ0n) is 7.47. The van der Waals surface area contributed by atoms with E-state index in [1.54, 1.807) is 11.9 Å². The van der Waals surface area contributed by atoms with Crippen molar-refractivity contribution in [1.82, 2.24) is 9.97 Å². The SMILES string of the molecule is Cc1cc2c(=O)[nH]c(C(F)(F)F)nc2s1. The number of thiophene rings is 1. The normalized spacial score (nSPS) is 12.3. The summed E-state index contributed by atoms with van der Waals surface area (Å²) in [4.78, 5) is 17.2. The summed E-state index contributed by atoms with van der Waals surface area (Å²) in [5.41, 5.74) is -0.753. The van der Waals surface area contributed by atoms with Crippen molar-refractivity contribution in [2.24, 2.45) is 0 Å². The van der Waals surface area contributed by atoms with Gasteiger partial charge in [-0.25, -0.2) is 4.98 Å². The van der Waals surface area contributed by atoms with Crippen molar-refractivity contribution in [3.8, 4) is 0 Å². The number of fused-ring (bicyclic) bond motifs is 1. The van der Waals surface area contributed by atoms with Gasteiger partial charge >= 0.3 is 6.18 Å². The predicted octanol–water partition coefficient (Wildman–Crippen LogP) is 2.31. The molecule has 80 valence electrons. The van der Waals surface area contributed by atoms with E-state index in [9.17, 15) is 18.0 Å². The van der Waals surface area contributed by atoms with Crippen molar-refractivity contribution in [1.29, 1.82) is 0 Å². The molecule has 0 aliphatic rings. The van der Waals surface area contributed by atoms with E-state index in [-0.39, 0.29) is 10.2 Å². The number of nitrogens with one attached hydrogen (secondary N) is 1. The van der Waals surface area contributed by atoms with Crippen LogP contribution in [0.15, 0.2) is 10.9 Å². The van der Waals surface area contributed by atoms with Crippen molar-refractivity contribution >= 4 is 21.6 Å². The molecule has 0 amide bonds. The number of alkyl halides is 3. The molecule has 2 aromatic heterocycles. The topological polar surface area (TPSA) is 45.8 Å². The Bertz CT molecular complexity index is 569. The highest BCUT2D eigenvalue weighted by Crippen LogP contribution is 2.28. The highest BCUT2D eigenvalue weighted by Gasteiger charge is 2.34. The van der Waals surface area contributed by atoms with Crippen LogP contribution >= 0.6 is 11.3 Å². The monoisotopic (exact) mass is 234 g/mol. The summed E-state index contributed by atoms with van der Waals surface area (Å²) in [6.07, 6.45) is -4.62. The fourth-order valence-corrected chi connectivity index (χ4v) is 2.07. The quantitative estimate of drug-likeness (QED) is 0.760. The number of aromatic amines is 1. The first-order valence-corrected chi connectivity index (χ1v) is 4.77. The second-order valence-corrected chi connectivity index (χ2v) is 4.22. The molecular weight excluding hydrogens is 229 g/mol. The maximum atomic E-state index is 12.3. The van der Waals surface area contributed by atoms with E-state index in [0.717, 1.165) is 16.2 Å². The maximum absolute atomic E-state index is 12.3. The lowest BCUT2D eigenvalue weighted by Gasteiger charge is -2.03. The number of H-pyrrole nitrogens is 1. The van der Waals surface area contributed by atoms with Crippen LogP contribution < -0.4 is 5.56 Å². The molecule has 0 aliphatic carbocycles. The average Bonchev–Trinajstić information content (AvgIpc) is 2.44. The van der Waals surface area contributed by atoms with E-state index < -0.39 is 17.6 Å². The third-order valence-electron chi connectivity index (χ3n) is 1.79. The summed E-state index contributed by atoms with van der Waals surface area (Å²) in [6, 6.07) is 1.52. The van der Waals surface area contributed by atoms with Crippen LogP contribution in [0.1, 0.15) is 10.7 Å². The van der Waals surface area contributed by atoms with Crippen molar-refractivity contribution < 1.29 is 13.2 Å². The Labute approximate surface area is 85.6 Å². The number of halogens is 3. The van der Waals surface area contributed by atoms with Crippen LogP contribution in [0.3, 0.4) is 0 Å². The zero-order valence-corrected chi connectivity index (χ0v) is 8.29. The molecule has 2 heterocycles. The van der Waals surface area contributed by atoms with E-state index in [1.165, 1.54) is 6.07 Å². The lowest BCUT2D eigenvalue weighted by molar-refractivity contribution is -0.144. The molecule has 2 aromatic rings. The minimum Gasteiger partial charge on any atom is -0.302 e. The van der Waals surface area contributed by atoms with E-state index in [1.807, 2.05) is 0 Å². The van der Waals surface area contributed by atoms with Gasteiger partial charge in [-0.2, -0.15) is 13.2 Å². The Morgan fingerprint density at radius 1 is 1.47 bits per heavy atom. The predicted molar refractivity (Wildman–Crippen MR) is 50.0 cm³/mol. The first-order valence-electron chi connectivity index (χ1n) is 3.95. The maximum Gasteiger partial charge on any atom is 0.449 e. The van der Waals surface area contributed by atoms with E-state index in [0.29, 0.717) is 0 Å². The number of aryl methyl sites for hydroxylation is 1. The minimum atomic E-state index is -4.62. The Hall–Kier alpha value is -1.37. The molecule has 0 radical (unpaired) electrons. The molecule has 15 heavy (non-hydrogen) atoms. The van der Waals surface area contributed by atoms with Gasteiger partial charge in [0.1, 0.15) is 4.83 Å². The van der Waals surface area contributed by atoms with Gasteiger partial charge in [0.15, 0.2) is 0 Å². The number of hydrogen-bond acceptors (Lipinski definition) is 3. The number of nitrogens with zero attached hydrogens (tertiary/aromatic N) is 1. The van der Waals surface area contributed by atoms with E-state index in [2.05, 4.69) is 4.98 Å². The van der Waals surface area contributed by atoms with E-state index in [4.69, 9.17) is 0 Å². The molecule has 0 saturated carbocycles. The third-order valence-corrected chi connectivity index (χ3v) is 2.74. The van der Waals surface area contributed by atoms with E-state index >= 15 is 0 Å². The van der Waals surface area contributed by atoms with Crippen molar-refractivity contribution in [2.75, 3.05) is 0 Å². The number of aromatic nitrogens is 2. The molecule has 0 spiro atoms. The van der Waals surface area contributed by atoms with Gasteiger partial charge in [0, 0.05) is 4.88 Å². The summed E-state index contributed by atoms with van der Waals surface area (Å²) in [5.74, 6) is -1.25. The molecule has 0 aromatic carbocycles. The zero-order chi connectivity index (χ0) is 11.2. The summed E-state index contributed by atoms with van der Waals surface area (Å²) >= 11 is 1.07. The first kappa shape index (κ1) is 10.2. The summed E-state index contributed by atoms with van der Waals surface area (Å²) in [7, 11) is 0. The van der Waals surface area contributed by atoms with Crippen LogP contribution in [-0.2, 0) is 6.18 Å². The van der Waals surface area contributed by atoms with Crippen LogP contribution in [0.2, 0.25) is 0 Å². The second-order valence-electron chi connectivity index (χ2n) is 2.99. The fraction of sp³-hybridized carbons (Fsp3) is 0.250. The Kier molecular flexibility index (Phi) is 2.07. The fourth-order valence-electron chi connectivity index (χ4n) is 1.19. The van der Waals surface area contributed by atoms with Gasteiger partial charge < -0.3 is 4.98 Å². The molecule has 3 nitrogen and oxygen atoms in total. The van der Waals surface area contributed by atoms with Crippen LogP contribution in [-0.4, -0.2) is 9.97 Å². The van der Waals surface area contributed by atoms with Crippen molar-refractivity contribution in [3.05, 3.63) is 27.1 Å². The Balaban J connectivity index is 2.78. The smallest absolute Gasteiger partial charge is 0.302 e. The standard InChI is InChI=1S/C8H5F3N2OS/c1-3-2-4-5(14)12-7(8(9,10)11)13-6(4)15-3/h2H,1H3,(H,12,13,14). The van der Waals surface area contributed by atoms with Gasteiger partial charge in [0.2, 0.25) is 5.82 Å². The van der Waals surface area contributed by atoms with Crippen molar-refractivity contribution in [3.63, 3.8) is 0 Å². The van der Waals surface area contributed by atoms with Crippen LogP contribution in [0.5, 0.6) is 0 Å². The molecule has 2 rings (SSSR count). The Morgan fingerprint density at radius 3 is 2.73 bits per heavy atom. The highest BCUT2D eigenvalue weighted by molar-refractivity contribution is 7.18. The van der Waals surface area contributed by atoms with Crippen LogP contribution in [0, 0.1) is 6.92 Å². The highest BCUT2D eigenvalue weighted by atomic mass is 32.1. The molecule has 0 saturated heterocycles. The molecule has 0 aliphatic heterocycles. The minimum absolute atomic E-state index is 0.114. The van der Waals surface area contributed by atoms with Crippen LogP contribution in [0.25, 0.3) is 10.2 Å². The summed E-state index contributed by atoms with van der Waals surface area (Å²) in [6.45, 7) is 1.71. The lowest BCUT2D eigenvalue weighted by atomic mass is 10.3. The lowest BCUT2D eigenvalue weighted by Crippen LogP contribution is -2.18. The molecule has 7 heteroatoms. The van der Waals surface area contributed by atoms with Gasteiger partial charge in [-0.3, -0.25) is 4.79 Å². The Morgan fingerprint density at radius 2 is 2.13 bits per heavy atom. The molecular formula is C8H5F3N2OS. The first-order chi connectivity index (χ1) is 6.88. The summed E-state index contributed by atoms with van der Waals surface area (Å²) in [5, 5.41) is 0.200. The molecule has 1 N–H and O–H groups in total. The van der Waals surface area contributed by atoms with Gasteiger partial charge in [0.25, 0.3) is 5.56 Å². The number of rotatable bonds is 0. The number of hydrogen-bond donors (Lipinski definition) is 1. The molecule has 0 unspecified atom stereocenters. The average molecular weight is 234 g/mol. The van der Waals surface area contributed by atoms with Gasteiger partial charge in [-0.15, -0.1) is 11.3 Å². The molecule has 0 fully saturated rings. The third kappa shape index (κ3) is 1.74. The summed E-state index contributed by atoms with van der Waals surface area (Å²) < 4.78 is 36.8. The van der Waals surface area contributed by atoms with Gasteiger partial charge in [0.05, 0.1) is 5.39 Å². The van der Waals surface area contributed by atoms with Gasteiger partial charge in [-0.05, 0) is 13.0 Å². The second kappa shape index (κ2) is 3.06. The van der Waals surface area contributed by atoms with Crippen molar-refractivity contribution in [2.45, 2.75) is 13.1 Å². The molecule has 0 atom stereocenters.